The predicted octanol–water partition coefficient (Wildman–Crippen LogP) is 3.79. The number of benzene rings is 1. The molecule has 3 aliphatic heterocycles. The molecule has 0 bridgehead atoms. The molecule has 3 aliphatic rings. The number of ether oxygens (including phenoxy) is 3. The Bertz CT molecular complexity index is 1590. The van der Waals surface area contributed by atoms with Gasteiger partial charge in [0, 0.05) is 46.5 Å². The van der Waals surface area contributed by atoms with Crippen LogP contribution in [-0.4, -0.2) is 141 Å². The van der Waals surface area contributed by atoms with Crippen LogP contribution < -0.4 is 16.0 Å². The zero-order valence-corrected chi connectivity index (χ0v) is 37.0. The summed E-state index contributed by atoms with van der Waals surface area (Å²) in [6.45, 7) is 13.9. The second kappa shape index (κ2) is 21.0. The van der Waals surface area contributed by atoms with Gasteiger partial charge in [0.15, 0.2) is 0 Å². The number of hydrogen-bond acceptors (Lipinski definition) is 10. The normalized spacial score (nSPS) is 23.1. The molecule has 2 saturated heterocycles. The molecule has 9 atom stereocenters. The summed E-state index contributed by atoms with van der Waals surface area (Å²) in [4.78, 5) is 74.6. The summed E-state index contributed by atoms with van der Waals surface area (Å²) in [5, 5.41) is 9.42. The average Bonchev–Trinajstić information content (AvgIpc) is 3.84. The van der Waals surface area contributed by atoms with Crippen LogP contribution in [0.3, 0.4) is 0 Å². The van der Waals surface area contributed by atoms with Crippen LogP contribution in [-0.2, 0) is 51.0 Å². The molecule has 58 heavy (non-hydrogen) atoms. The molecule has 0 radical (unpaired) electrons. The third-order valence-corrected chi connectivity index (χ3v) is 13.3. The monoisotopic (exact) mass is 813 g/mol. The Morgan fingerprint density at radius 3 is 2.33 bits per heavy atom. The van der Waals surface area contributed by atoms with E-state index in [0.717, 1.165) is 62.9 Å². The molecule has 3 heterocycles. The molecule has 4 amide bonds. The SMILES string of the molecule is CC[C@H](C)[C@@H]([C@@H](CC(=O)N1CCC[C@H]1[C@H](OC)[C@@H](C)C(=O)NC(Cc1ccc2c(c1)CCCN2)C(=O)OC)OC)N(C)C(=O)[C@@H](NC(=O)[C@@]1(C)CCCN1C)C(C)C. The fraction of sp³-hybridized carbons (Fsp3) is 0.750. The number of rotatable bonds is 19. The molecular weight excluding hydrogens is 741 g/mol. The number of amides is 4. The number of nitrogens with one attached hydrogen (secondary N) is 3. The zero-order chi connectivity index (χ0) is 42.9. The minimum atomic E-state index is -0.899. The molecule has 0 spiro atoms. The van der Waals surface area contributed by atoms with E-state index in [-0.39, 0.29) is 48.3 Å². The highest BCUT2D eigenvalue weighted by atomic mass is 16.5. The number of esters is 1. The van der Waals surface area contributed by atoms with Gasteiger partial charge in [-0.3, -0.25) is 24.1 Å². The summed E-state index contributed by atoms with van der Waals surface area (Å²) in [6.07, 6.45) is 4.73. The van der Waals surface area contributed by atoms with Crippen molar-refractivity contribution in [1.82, 2.24) is 25.3 Å². The van der Waals surface area contributed by atoms with Crippen molar-refractivity contribution in [3.05, 3.63) is 29.3 Å². The van der Waals surface area contributed by atoms with Gasteiger partial charge in [0.1, 0.15) is 12.1 Å². The second-order valence-electron chi connectivity index (χ2n) is 17.4. The summed E-state index contributed by atoms with van der Waals surface area (Å²) in [6, 6.07) is 3.56. The van der Waals surface area contributed by atoms with Gasteiger partial charge in [-0.2, -0.15) is 0 Å². The summed E-state index contributed by atoms with van der Waals surface area (Å²) < 4.78 is 17.1. The maximum Gasteiger partial charge on any atom is 0.328 e. The lowest BCUT2D eigenvalue weighted by Crippen LogP contribution is -2.61. The number of hydrogen-bond donors (Lipinski definition) is 3. The standard InChI is InChI=1S/C44H72N6O8/c1-12-28(4)38(49(8)41(53)37(27(2)3)47-43(55)44(6)20-15-22-48(44)7)35(56-9)26-36(51)50-23-14-17-34(50)39(57-10)29(5)40(52)46-33(42(54)58-11)25-30-18-19-32-31(24-30)16-13-21-45-32/h18-19,24,27-29,33-35,37-39,45H,12-17,20-23,25-26H2,1-11H3,(H,46,52)(H,47,55)/t28-,29+,33?,34-,35+,37-,38-,39+,44+/m0/s1. The van der Waals surface area contributed by atoms with E-state index < -0.39 is 53.8 Å². The first-order valence-corrected chi connectivity index (χ1v) is 21.4. The van der Waals surface area contributed by atoms with E-state index in [0.29, 0.717) is 13.0 Å². The molecule has 0 saturated carbocycles. The van der Waals surface area contributed by atoms with Gasteiger partial charge in [0.25, 0.3) is 0 Å². The van der Waals surface area contributed by atoms with Gasteiger partial charge in [-0.05, 0) is 88.1 Å². The third kappa shape index (κ3) is 10.7. The van der Waals surface area contributed by atoms with Gasteiger partial charge in [-0.15, -0.1) is 0 Å². The first-order valence-electron chi connectivity index (χ1n) is 21.4. The van der Waals surface area contributed by atoms with Crippen LogP contribution in [0.5, 0.6) is 0 Å². The first kappa shape index (κ1) is 46.9. The van der Waals surface area contributed by atoms with E-state index in [1.807, 2.05) is 58.7 Å². The van der Waals surface area contributed by atoms with Crippen molar-refractivity contribution in [2.24, 2.45) is 17.8 Å². The van der Waals surface area contributed by atoms with Gasteiger partial charge in [0.2, 0.25) is 23.6 Å². The summed E-state index contributed by atoms with van der Waals surface area (Å²) >= 11 is 0. The molecule has 14 heteroatoms. The summed E-state index contributed by atoms with van der Waals surface area (Å²) in [5.74, 6) is -2.34. The van der Waals surface area contributed by atoms with Gasteiger partial charge < -0.3 is 40.0 Å². The van der Waals surface area contributed by atoms with E-state index in [1.54, 1.807) is 38.0 Å². The molecule has 3 N–H and O–H groups in total. The molecule has 1 unspecified atom stereocenters. The maximum atomic E-state index is 14.3. The van der Waals surface area contributed by atoms with Crippen LogP contribution in [0.1, 0.15) is 97.6 Å². The summed E-state index contributed by atoms with van der Waals surface area (Å²) in [7, 11) is 8.10. The van der Waals surface area contributed by atoms with Crippen LogP contribution in [0, 0.1) is 17.8 Å². The Kier molecular flexibility index (Phi) is 17.0. The van der Waals surface area contributed by atoms with Gasteiger partial charge >= 0.3 is 5.97 Å². The maximum absolute atomic E-state index is 14.3. The van der Waals surface area contributed by atoms with Gasteiger partial charge in [-0.1, -0.05) is 53.2 Å². The Hall–Kier alpha value is -3.75. The molecule has 1 aromatic rings. The molecule has 326 valence electrons. The van der Waals surface area contributed by atoms with Crippen LogP contribution in [0.4, 0.5) is 5.69 Å². The molecule has 1 aromatic carbocycles. The number of anilines is 1. The molecule has 14 nitrogen and oxygen atoms in total. The van der Waals surface area contributed by atoms with E-state index in [9.17, 15) is 24.0 Å². The van der Waals surface area contributed by atoms with Crippen LogP contribution in [0.25, 0.3) is 0 Å². The van der Waals surface area contributed by atoms with E-state index in [1.165, 1.54) is 12.7 Å². The second-order valence-corrected chi connectivity index (χ2v) is 17.4. The Morgan fingerprint density at radius 2 is 1.72 bits per heavy atom. The lowest BCUT2D eigenvalue weighted by molar-refractivity contribution is -0.149. The lowest BCUT2D eigenvalue weighted by atomic mass is 9.89. The van der Waals surface area contributed by atoms with Gasteiger partial charge in [-0.25, -0.2) is 4.79 Å². The lowest BCUT2D eigenvalue weighted by Gasteiger charge is -2.41. The van der Waals surface area contributed by atoms with Crippen LogP contribution in [0.15, 0.2) is 18.2 Å². The van der Waals surface area contributed by atoms with Crippen molar-refractivity contribution in [3.8, 4) is 0 Å². The quantitative estimate of drug-likeness (QED) is 0.176. The highest BCUT2D eigenvalue weighted by Crippen LogP contribution is 2.31. The highest BCUT2D eigenvalue weighted by molar-refractivity contribution is 5.92. The van der Waals surface area contributed by atoms with E-state index in [2.05, 4.69) is 22.0 Å². The molecule has 4 rings (SSSR count). The Morgan fingerprint density at radius 1 is 1.00 bits per heavy atom. The highest BCUT2D eigenvalue weighted by Gasteiger charge is 2.45. The smallest absolute Gasteiger partial charge is 0.328 e. The number of aryl methyl sites for hydroxylation is 1. The van der Waals surface area contributed by atoms with Crippen LogP contribution in [0.2, 0.25) is 0 Å². The minimum Gasteiger partial charge on any atom is -0.467 e. The molecular formula is C44H72N6O8. The number of nitrogens with zero attached hydrogens (tertiary/aromatic N) is 3. The minimum absolute atomic E-state index is 0.0128. The topological polar surface area (TPSA) is 159 Å². The number of likely N-dealkylation sites (N-methyl/N-ethyl adjacent to an activating group) is 2. The van der Waals surface area contributed by atoms with Crippen molar-refractivity contribution in [1.29, 1.82) is 0 Å². The number of methoxy groups -OCH3 is 3. The van der Waals surface area contributed by atoms with E-state index >= 15 is 0 Å². The van der Waals surface area contributed by atoms with Crippen molar-refractivity contribution in [2.45, 2.75) is 141 Å². The number of fused-ring (bicyclic) bond motifs is 1. The number of carbonyl (C=O) groups is 5. The van der Waals surface area contributed by atoms with Crippen molar-refractivity contribution >= 4 is 35.3 Å². The fourth-order valence-corrected chi connectivity index (χ4v) is 9.25. The predicted molar refractivity (Wildman–Crippen MR) is 224 cm³/mol. The summed E-state index contributed by atoms with van der Waals surface area (Å²) in [5.41, 5.74) is 2.52. The number of carbonyl (C=O) groups excluding carboxylic acids is 5. The average molecular weight is 813 g/mol. The zero-order valence-electron chi connectivity index (χ0n) is 37.0. The van der Waals surface area contributed by atoms with Crippen molar-refractivity contribution < 1.29 is 38.2 Å². The van der Waals surface area contributed by atoms with Crippen LogP contribution >= 0.6 is 0 Å². The van der Waals surface area contributed by atoms with Gasteiger partial charge in [0.05, 0.1) is 49.3 Å². The van der Waals surface area contributed by atoms with E-state index in [4.69, 9.17) is 14.2 Å². The van der Waals surface area contributed by atoms with Crippen molar-refractivity contribution in [3.63, 3.8) is 0 Å². The largest absolute Gasteiger partial charge is 0.467 e. The molecule has 0 aromatic heterocycles. The fourth-order valence-electron chi connectivity index (χ4n) is 9.25. The molecule has 0 aliphatic carbocycles. The van der Waals surface area contributed by atoms with Crippen molar-refractivity contribution in [2.75, 3.05) is 60.4 Å². The number of likely N-dealkylation sites (tertiary alicyclic amines) is 2. The Balaban J connectivity index is 1.47. The third-order valence-electron chi connectivity index (χ3n) is 13.3. The Labute approximate surface area is 346 Å². The first-order chi connectivity index (χ1) is 27.5. The molecule has 2 fully saturated rings.